The number of pyridine rings is 1. The standard InChI is InChI=1S/C25H32N8O2/c1-5-26-22-12-21-20(14-27-22)25(17-13-28-31(4)15-17)30-33(21)18-6-8-19(9-7-18)35-23-10-11-24(34)32(29-23)16(2)3/h10-16,18-19H,5-9H2,1-4H3,(H,26,27). The van der Waals surface area contributed by atoms with Crippen LogP contribution in [0.1, 0.15) is 58.5 Å². The molecule has 0 spiro atoms. The zero-order valence-electron chi connectivity index (χ0n) is 20.7. The van der Waals surface area contributed by atoms with Crippen LogP contribution in [0.25, 0.3) is 22.2 Å². The molecule has 4 heterocycles. The van der Waals surface area contributed by atoms with Crippen LogP contribution in [0.3, 0.4) is 0 Å². The first-order valence-corrected chi connectivity index (χ1v) is 12.3. The van der Waals surface area contributed by atoms with E-state index in [1.807, 2.05) is 39.5 Å². The zero-order chi connectivity index (χ0) is 24.5. The van der Waals surface area contributed by atoms with E-state index >= 15 is 0 Å². The largest absolute Gasteiger partial charge is 0.473 e. The third-order valence-corrected chi connectivity index (χ3v) is 6.49. The molecule has 0 radical (unpaired) electrons. The quantitative estimate of drug-likeness (QED) is 0.430. The van der Waals surface area contributed by atoms with Crippen LogP contribution in [0.5, 0.6) is 5.88 Å². The SMILES string of the molecule is CCNc1cc2c(cn1)c(-c1cnn(C)c1)nn2C1CCC(Oc2ccc(=O)n(C(C)C)n2)CC1. The van der Waals surface area contributed by atoms with Crippen molar-refractivity contribution in [3.63, 3.8) is 0 Å². The van der Waals surface area contributed by atoms with E-state index < -0.39 is 0 Å². The van der Waals surface area contributed by atoms with Gasteiger partial charge < -0.3 is 10.1 Å². The van der Waals surface area contributed by atoms with Crippen molar-refractivity contribution in [1.82, 2.24) is 34.3 Å². The van der Waals surface area contributed by atoms with Crippen LogP contribution < -0.4 is 15.6 Å². The molecular formula is C25H32N8O2. The molecule has 1 aliphatic rings. The fourth-order valence-electron chi connectivity index (χ4n) is 4.76. The lowest BCUT2D eigenvalue weighted by atomic mass is 9.93. The maximum Gasteiger partial charge on any atom is 0.267 e. The van der Waals surface area contributed by atoms with Crippen molar-refractivity contribution >= 4 is 16.7 Å². The zero-order valence-corrected chi connectivity index (χ0v) is 20.7. The van der Waals surface area contributed by atoms with Crippen molar-refractivity contribution in [3.8, 4) is 17.1 Å². The van der Waals surface area contributed by atoms with Crippen LogP contribution in [0, 0.1) is 0 Å². The van der Waals surface area contributed by atoms with E-state index in [0.29, 0.717) is 5.88 Å². The molecule has 4 aromatic heterocycles. The number of ether oxygens (including phenoxy) is 1. The molecule has 35 heavy (non-hydrogen) atoms. The highest BCUT2D eigenvalue weighted by Crippen LogP contribution is 2.36. The average molecular weight is 477 g/mol. The van der Waals surface area contributed by atoms with Gasteiger partial charge in [-0.3, -0.25) is 14.2 Å². The van der Waals surface area contributed by atoms with Gasteiger partial charge in [-0.2, -0.15) is 10.2 Å². The molecule has 10 nitrogen and oxygen atoms in total. The lowest BCUT2D eigenvalue weighted by Crippen LogP contribution is -2.28. The number of aromatic nitrogens is 7. The van der Waals surface area contributed by atoms with E-state index in [4.69, 9.17) is 9.84 Å². The molecule has 1 N–H and O–H groups in total. The van der Waals surface area contributed by atoms with Gasteiger partial charge in [-0.1, -0.05) is 0 Å². The summed E-state index contributed by atoms with van der Waals surface area (Å²) in [6.45, 7) is 6.75. The number of fused-ring (bicyclic) bond motifs is 1. The lowest BCUT2D eigenvalue weighted by Gasteiger charge is -2.29. The second-order valence-electron chi connectivity index (χ2n) is 9.41. The van der Waals surface area contributed by atoms with Crippen LogP contribution in [0.2, 0.25) is 0 Å². The average Bonchev–Trinajstić information content (AvgIpc) is 3.44. The first-order chi connectivity index (χ1) is 16.9. The molecular weight excluding hydrogens is 444 g/mol. The Morgan fingerprint density at radius 3 is 2.63 bits per heavy atom. The van der Waals surface area contributed by atoms with E-state index in [9.17, 15) is 4.79 Å². The monoisotopic (exact) mass is 476 g/mol. The van der Waals surface area contributed by atoms with Gasteiger partial charge in [0.2, 0.25) is 5.88 Å². The molecule has 0 bridgehead atoms. The predicted octanol–water partition coefficient (Wildman–Crippen LogP) is 3.96. The second-order valence-corrected chi connectivity index (χ2v) is 9.41. The molecule has 1 aliphatic carbocycles. The maximum absolute atomic E-state index is 12.0. The molecule has 1 saturated carbocycles. The molecule has 0 aliphatic heterocycles. The van der Waals surface area contributed by atoms with Crippen LogP contribution in [0.15, 0.2) is 41.6 Å². The fourth-order valence-corrected chi connectivity index (χ4v) is 4.76. The number of hydrogen-bond donors (Lipinski definition) is 1. The smallest absolute Gasteiger partial charge is 0.267 e. The molecule has 4 aromatic rings. The third kappa shape index (κ3) is 4.65. The van der Waals surface area contributed by atoms with Crippen LogP contribution in [0.4, 0.5) is 5.82 Å². The van der Waals surface area contributed by atoms with Crippen LogP contribution in [-0.2, 0) is 7.05 Å². The number of hydrogen-bond acceptors (Lipinski definition) is 7. The number of nitrogens with one attached hydrogen (secondary N) is 1. The van der Waals surface area contributed by atoms with Crippen molar-refractivity contribution in [1.29, 1.82) is 0 Å². The van der Waals surface area contributed by atoms with Crippen LogP contribution >= 0.6 is 0 Å². The summed E-state index contributed by atoms with van der Waals surface area (Å²) in [5.41, 5.74) is 2.85. The highest BCUT2D eigenvalue weighted by molar-refractivity contribution is 5.93. The van der Waals surface area contributed by atoms with Gasteiger partial charge >= 0.3 is 0 Å². The van der Waals surface area contributed by atoms with Crippen molar-refractivity contribution in [2.75, 3.05) is 11.9 Å². The summed E-state index contributed by atoms with van der Waals surface area (Å²) in [7, 11) is 1.91. The number of anilines is 1. The molecule has 0 unspecified atom stereocenters. The number of rotatable bonds is 7. The molecule has 5 rings (SSSR count). The van der Waals surface area contributed by atoms with E-state index in [1.54, 1.807) is 10.7 Å². The summed E-state index contributed by atoms with van der Waals surface area (Å²) in [6.07, 6.45) is 9.47. The number of nitrogens with zero attached hydrogens (tertiary/aromatic N) is 7. The lowest BCUT2D eigenvalue weighted by molar-refractivity contribution is 0.122. The summed E-state index contributed by atoms with van der Waals surface area (Å²) in [5, 5.41) is 18.1. The Bertz CT molecular complexity index is 1380. The maximum atomic E-state index is 12.0. The van der Waals surface area contributed by atoms with Gasteiger partial charge in [0, 0.05) is 55.1 Å². The Labute approximate surface area is 203 Å². The van der Waals surface area contributed by atoms with Crippen molar-refractivity contribution in [2.24, 2.45) is 7.05 Å². The molecule has 0 saturated heterocycles. The van der Waals surface area contributed by atoms with Gasteiger partial charge in [-0.15, -0.1) is 5.10 Å². The predicted molar refractivity (Wildman–Crippen MR) is 135 cm³/mol. The minimum atomic E-state index is -0.113. The van der Waals surface area contributed by atoms with E-state index in [0.717, 1.165) is 60.2 Å². The summed E-state index contributed by atoms with van der Waals surface area (Å²) in [6, 6.07) is 5.54. The van der Waals surface area contributed by atoms with Gasteiger partial charge in [-0.25, -0.2) is 9.67 Å². The highest BCUT2D eigenvalue weighted by atomic mass is 16.5. The minimum absolute atomic E-state index is 0.00882. The summed E-state index contributed by atoms with van der Waals surface area (Å²) in [5.74, 6) is 1.36. The first-order valence-electron chi connectivity index (χ1n) is 12.3. The van der Waals surface area contributed by atoms with Crippen molar-refractivity contribution in [2.45, 2.75) is 64.6 Å². The van der Waals surface area contributed by atoms with E-state index in [-0.39, 0.29) is 23.7 Å². The van der Waals surface area contributed by atoms with Gasteiger partial charge in [0.1, 0.15) is 17.6 Å². The summed E-state index contributed by atoms with van der Waals surface area (Å²) in [4.78, 5) is 16.6. The summed E-state index contributed by atoms with van der Waals surface area (Å²) < 4.78 is 11.6. The van der Waals surface area contributed by atoms with Gasteiger partial charge in [-0.05, 0) is 46.5 Å². The van der Waals surface area contributed by atoms with Crippen LogP contribution in [-0.4, -0.2) is 47.0 Å². The molecule has 0 atom stereocenters. The third-order valence-electron chi connectivity index (χ3n) is 6.49. The molecule has 0 aromatic carbocycles. The van der Waals surface area contributed by atoms with Crippen molar-refractivity contribution < 1.29 is 4.74 Å². The molecule has 0 amide bonds. The Balaban J connectivity index is 1.38. The van der Waals surface area contributed by atoms with E-state index in [1.165, 1.54) is 10.7 Å². The molecule has 184 valence electrons. The highest BCUT2D eigenvalue weighted by Gasteiger charge is 2.27. The Morgan fingerprint density at radius 2 is 1.94 bits per heavy atom. The van der Waals surface area contributed by atoms with E-state index in [2.05, 4.69) is 38.2 Å². The first kappa shape index (κ1) is 23.1. The number of aryl methyl sites for hydroxylation is 1. The summed E-state index contributed by atoms with van der Waals surface area (Å²) >= 11 is 0. The van der Waals surface area contributed by atoms with Gasteiger partial charge in [0.25, 0.3) is 5.56 Å². The Hall–Kier alpha value is -3.69. The second kappa shape index (κ2) is 9.52. The normalized spacial score (nSPS) is 18.3. The minimum Gasteiger partial charge on any atom is -0.473 e. The molecule has 10 heteroatoms. The Kier molecular flexibility index (Phi) is 6.27. The fraction of sp³-hybridized carbons (Fsp3) is 0.480. The van der Waals surface area contributed by atoms with Crippen molar-refractivity contribution in [3.05, 3.63) is 47.1 Å². The topological polar surface area (TPSA) is 105 Å². The van der Waals surface area contributed by atoms with Gasteiger partial charge in [0.05, 0.1) is 23.8 Å². The van der Waals surface area contributed by atoms with Gasteiger partial charge in [0.15, 0.2) is 0 Å². The molecule has 1 fully saturated rings. The Morgan fingerprint density at radius 1 is 1.14 bits per heavy atom.